The maximum absolute atomic E-state index is 8.69. The molecule has 60 valence electrons. The Morgan fingerprint density at radius 2 is 2.20 bits per heavy atom. The molecule has 1 aliphatic rings. The van der Waals surface area contributed by atoms with Gasteiger partial charge in [-0.25, -0.2) is 0 Å². The summed E-state index contributed by atoms with van der Waals surface area (Å²) >= 11 is 0. The molecule has 1 rings (SSSR count). The zero-order chi connectivity index (χ0) is 7.61. The van der Waals surface area contributed by atoms with Crippen molar-refractivity contribution in [3.05, 3.63) is 0 Å². The lowest BCUT2D eigenvalue weighted by Gasteiger charge is -2.14. The van der Waals surface area contributed by atoms with Gasteiger partial charge < -0.3 is 10.4 Å². The Bertz CT molecular complexity index is 110. The summed E-state index contributed by atoms with van der Waals surface area (Å²) in [6.45, 7) is 5.60. The number of aliphatic hydroxyl groups is 1. The molecule has 1 fully saturated rings. The van der Waals surface area contributed by atoms with Gasteiger partial charge in [0.15, 0.2) is 0 Å². The second-order valence-electron chi connectivity index (χ2n) is 3.78. The molecule has 0 unspecified atom stereocenters. The van der Waals surface area contributed by atoms with Gasteiger partial charge in [0.05, 0.1) is 6.61 Å². The Balaban J connectivity index is 2.04. The fraction of sp³-hybridized carbons (Fsp3) is 1.00. The predicted molar refractivity (Wildman–Crippen MR) is 41.9 cm³/mol. The largest absolute Gasteiger partial charge is 0.395 e. The van der Waals surface area contributed by atoms with Gasteiger partial charge in [0.1, 0.15) is 0 Å². The molecule has 0 aromatic rings. The van der Waals surface area contributed by atoms with Crippen LogP contribution in [0.4, 0.5) is 0 Å². The van der Waals surface area contributed by atoms with E-state index in [1.807, 2.05) is 6.92 Å². The number of hydrogen-bond donors (Lipinski definition) is 2. The van der Waals surface area contributed by atoms with Gasteiger partial charge in [-0.2, -0.15) is 0 Å². The van der Waals surface area contributed by atoms with Crippen LogP contribution in [0.25, 0.3) is 0 Å². The van der Waals surface area contributed by atoms with Crippen molar-refractivity contribution in [2.24, 2.45) is 5.41 Å². The highest BCUT2D eigenvalue weighted by molar-refractivity contribution is 4.90. The quantitative estimate of drug-likeness (QED) is 0.609. The van der Waals surface area contributed by atoms with Gasteiger partial charge in [0, 0.05) is 12.6 Å². The normalized spacial score (nSPS) is 24.3. The first-order chi connectivity index (χ1) is 4.66. The Kier molecular flexibility index (Phi) is 2.32. The van der Waals surface area contributed by atoms with Crippen molar-refractivity contribution < 1.29 is 5.11 Å². The third-order valence-electron chi connectivity index (χ3n) is 2.25. The van der Waals surface area contributed by atoms with Crippen molar-refractivity contribution in [2.45, 2.75) is 32.7 Å². The van der Waals surface area contributed by atoms with Gasteiger partial charge in [-0.3, -0.25) is 0 Å². The zero-order valence-corrected chi connectivity index (χ0v) is 6.85. The Hall–Kier alpha value is -0.0800. The van der Waals surface area contributed by atoms with Crippen LogP contribution in [-0.4, -0.2) is 24.3 Å². The molecule has 10 heavy (non-hydrogen) atoms. The van der Waals surface area contributed by atoms with Crippen LogP contribution in [0.15, 0.2) is 0 Å². The first kappa shape index (κ1) is 8.02. The van der Waals surface area contributed by atoms with Crippen molar-refractivity contribution in [2.75, 3.05) is 13.2 Å². The van der Waals surface area contributed by atoms with Crippen molar-refractivity contribution in [1.29, 1.82) is 0 Å². The minimum Gasteiger partial charge on any atom is -0.395 e. The standard InChI is InChI=1S/C8H17NO/c1-7(5-10)9-6-8(2)3-4-8/h7,9-10H,3-6H2,1-2H3/t7-/m0/s1. The summed E-state index contributed by atoms with van der Waals surface area (Å²) in [7, 11) is 0. The molecule has 2 heteroatoms. The molecule has 0 saturated heterocycles. The summed E-state index contributed by atoms with van der Waals surface area (Å²) in [5.41, 5.74) is 0.559. The minimum absolute atomic E-state index is 0.246. The molecule has 0 aromatic heterocycles. The monoisotopic (exact) mass is 143 g/mol. The van der Waals surface area contributed by atoms with Crippen LogP contribution in [0, 0.1) is 5.41 Å². The van der Waals surface area contributed by atoms with E-state index in [4.69, 9.17) is 5.11 Å². The number of aliphatic hydroxyl groups excluding tert-OH is 1. The van der Waals surface area contributed by atoms with Crippen molar-refractivity contribution in [3.63, 3.8) is 0 Å². The van der Waals surface area contributed by atoms with Crippen LogP contribution in [-0.2, 0) is 0 Å². The maximum atomic E-state index is 8.69. The van der Waals surface area contributed by atoms with E-state index in [0.29, 0.717) is 5.41 Å². The third-order valence-corrected chi connectivity index (χ3v) is 2.25. The first-order valence-corrected chi connectivity index (χ1v) is 4.00. The van der Waals surface area contributed by atoms with Gasteiger partial charge in [0.25, 0.3) is 0 Å². The maximum Gasteiger partial charge on any atom is 0.0581 e. The lowest BCUT2D eigenvalue weighted by atomic mass is 10.1. The number of rotatable bonds is 4. The predicted octanol–water partition coefficient (Wildman–Crippen LogP) is 0.757. The van der Waals surface area contributed by atoms with Crippen LogP contribution >= 0.6 is 0 Å². The van der Waals surface area contributed by atoms with E-state index in [9.17, 15) is 0 Å². The van der Waals surface area contributed by atoms with E-state index in [1.54, 1.807) is 0 Å². The lowest BCUT2D eigenvalue weighted by Crippen LogP contribution is -2.33. The molecule has 1 aliphatic carbocycles. The van der Waals surface area contributed by atoms with Crippen LogP contribution in [0.5, 0.6) is 0 Å². The highest BCUT2D eigenvalue weighted by Gasteiger charge is 2.36. The summed E-state index contributed by atoms with van der Waals surface area (Å²) in [5.74, 6) is 0. The van der Waals surface area contributed by atoms with E-state index < -0.39 is 0 Å². The summed E-state index contributed by atoms with van der Waals surface area (Å²) in [6.07, 6.45) is 2.69. The highest BCUT2D eigenvalue weighted by atomic mass is 16.3. The van der Waals surface area contributed by atoms with Crippen LogP contribution in [0.3, 0.4) is 0 Å². The Labute approximate surface area is 62.6 Å². The minimum atomic E-state index is 0.246. The molecule has 1 atom stereocenters. The van der Waals surface area contributed by atoms with Gasteiger partial charge in [0.2, 0.25) is 0 Å². The van der Waals surface area contributed by atoms with E-state index in [2.05, 4.69) is 12.2 Å². The molecule has 0 bridgehead atoms. The molecule has 1 saturated carbocycles. The second-order valence-corrected chi connectivity index (χ2v) is 3.78. The molecule has 0 heterocycles. The molecule has 2 N–H and O–H groups in total. The second kappa shape index (κ2) is 2.89. The average molecular weight is 143 g/mol. The summed E-state index contributed by atoms with van der Waals surface area (Å²) < 4.78 is 0. The first-order valence-electron chi connectivity index (χ1n) is 4.00. The Morgan fingerprint density at radius 1 is 1.60 bits per heavy atom. The van der Waals surface area contributed by atoms with Crippen LogP contribution < -0.4 is 5.32 Å². The Morgan fingerprint density at radius 3 is 2.60 bits per heavy atom. The van der Waals surface area contributed by atoms with Crippen molar-refractivity contribution >= 4 is 0 Å². The van der Waals surface area contributed by atoms with E-state index >= 15 is 0 Å². The fourth-order valence-corrected chi connectivity index (χ4v) is 0.875. The molecular formula is C8H17NO. The molecule has 0 radical (unpaired) electrons. The van der Waals surface area contributed by atoms with Gasteiger partial charge in [-0.15, -0.1) is 0 Å². The van der Waals surface area contributed by atoms with E-state index in [-0.39, 0.29) is 12.6 Å². The van der Waals surface area contributed by atoms with Crippen LogP contribution in [0.1, 0.15) is 26.7 Å². The van der Waals surface area contributed by atoms with Gasteiger partial charge >= 0.3 is 0 Å². The smallest absolute Gasteiger partial charge is 0.0581 e. The lowest BCUT2D eigenvalue weighted by molar-refractivity contribution is 0.245. The van der Waals surface area contributed by atoms with Crippen molar-refractivity contribution in [1.82, 2.24) is 5.32 Å². The molecule has 2 nitrogen and oxygen atoms in total. The van der Waals surface area contributed by atoms with Gasteiger partial charge in [-0.05, 0) is 25.2 Å². The molecule has 0 aliphatic heterocycles. The van der Waals surface area contributed by atoms with E-state index in [0.717, 1.165) is 6.54 Å². The fourth-order valence-electron chi connectivity index (χ4n) is 0.875. The zero-order valence-electron chi connectivity index (χ0n) is 6.85. The number of nitrogens with one attached hydrogen (secondary N) is 1. The van der Waals surface area contributed by atoms with Crippen LogP contribution in [0.2, 0.25) is 0 Å². The molecular weight excluding hydrogens is 126 g/mol. The van der Waals surface area contributed by atoms with Gasteiger partial charge in [-0.1, -0.05) is 6.92 Å². The molecule has 0 aromatic carbocycles. The summed E-state index contributed by atoms with van der Waals surface area (Å²) in [6, 6.07) is 0.262. The summed E-state index contributed by atoms with van der Waals surface area (Å²) in [5, 5.41) is 12.0. The third kappa shape index (κ3) is 2.27. The average Bonchev–Trinajstić information content (AvgIpc) is 2.64. The summed E-state index contributed by atoms with van der Waals surface area (Å²) in [4.78, 5) is 0. The van der Waals surface area contributed by atoms with E-state index in [1.165, 1.54) is 12.8 Å². The molecule has 0 amide bonds. The molecule has 0 spiro atoms. The highest BCUT2D eigenvalue weighted by Crippen LogP contribution is 2.44. The number of hydrogen-bond acceptors (Lipinski definition) is 2. The van der Waals surface area contributed by atoms with Crippen molar-refractivity contribution in [3.8, 4) is 0 Å². The SMILES string of the molecule is C[C@@H](CO)NCC1(C)CC1. The topological polar surface area (TPSA) is 32.3 Å².